The third-order valence-electron chi connectivity index (χ3n) is 3.84. The van der Waals surface area contributed by atoms with Crippen LogP contribution in [0.3, 0.4) is 0 Å². The molecular weight excluding hydrogens is 280 g/mol. The Kier molecular flexibility index (Phi) is 3.49. The average Bonchev–Trinajstić information content (AvgIpc) is 2.63. The van der Waals surface area contributed by atoms with Gasteiger partial charge in [-0.15, -0.1) is 0 Å². The monoisotopic (exact) mass is 296 g/mol. The zero-order valence-electron chi connectivity index (χ0n) is 12.6. The van der Waals surface area contributed by atoms with Gasteiger partial charge in [-0.2, -0.15) is 0 Å². The van der Waals surface area contributed by atoms with Crippen molar-refractivity contribution in [1.29, 1.82) is 0 Å². The first kappa shape index (κ1) is 13.5. The van der Waals surface area contributed by atoms with Gasteiger partial charge in [0.1, 0.15) is 0 Å². The fraction of sp³-hybridized carbons (Fsp3) is 0. The summed E-state index contributed by atoms with van der Waals surface area (Å²) in [6, 6.07) is 30.8. The van der Waals surface area contributed by atoms with Gasteiger partial charge in [-0.3, -0.25) is 0 Å². The molecule has 1 N–H and O–H groups in total. The Hall–Kier alpha value is -3.13. The van der Waals surface area contributed by atoms with E-state index in [0.29, 0.717) is 0 Å². The molecule has 4 aromatic rings. The molecular formula is C21H16N2. The number of hydrogen-bond acceptors (Lipinski definition) is 2. The number of benzene rings is 3. The Bertz CT molecular complexity index is 931. The SMILES string of the molecule is c1ccc(Nc2cc(-c3ccccc3)nc3ccccc23)cc1. The topological polar surface area (TPSA) is 24.9 Å². The Labute approximate surface area is 135 Å². The molecule has 0 aliphatic carbocycles. The van der Waals surface area contributed by atoms with Crippen molar-refractivity contribution < 1.29 is 0 Å². The van der Waals surface area contributed by atoms with Crippen molar-refractivity contribution in [3.05, 3.63) is 91.0 Å². The van der Waals surface area contributed by atoms with Gasteiger partial charge in [-0.1, -0.05) is 66.7 Å². The molecule has 0 amide bonds. The van der Waals surface area contributed by atoms with Crippen LogP contribution >= 0.6 is 0 Å². The van der Waals surface area contributed by atoms with Crippen LogP contribution in [0.2, 0.25) is 0 Å². The number of hydrogen-bond donors (Lipinski definition) is 1. The molecule has 1 heterocycles. The summed E-state index contributed by atoms with van der Waals surface area (Å²) >= 11 is 0. The zero-order chi connectivity index (χ0) is 15.5. The highest BCUT2D eigenvalue weighted by atomic mass is 14.9. The largest absolute Gasteiger partial charge is 0.355 e. The Morgan fingerprint density at radius 2 is 1.30 bits per heavy atom. The normalized spacial score (nSPS) is 10.6. The molecule has 0 fully saturated rings. The first-order chi connectivity index (χ1) is 11.4. The molecule has 0 bridgehead atoms. The van der Waals surface area contributed by atoms with Crippen LogP contribution in [-0.2, 0) is 0 Å². The van der Waals surface area contributed by atoms with Crippen molar-refractivity contribution in [2.45, 2.75) is 0 Å². The van der Waals surface area contributed by atoms with Gasteiger partial charge in [0.25, 0.3) is 0 Å². The van der Waals surface area contributed by atoms with E-state index in [0.717, 1.165) is 33.5 Å². The van der Waals surface area contributed by atoms with E-state index >= 15 is 0 Å². The summed E-state index contributed by atoms with van der Waals surface area (Å²) in [6.07, 6.45) is 0. The molecule has 0 aliphatic heterocycles. The smallest absolute Gasteiger partial charge is 0.0730 e. The van der Waals surface area contributed by atoms with Crippen LogP contribution in [0.1, 0.15) is 0 Å². The highest BCUT2D eigenvalue weighted by Crippen LogP contribution is 2.30. The quantitative estimate of drug-likeness (QED) is 0.528. The van der Waals surface area contributed by atoms with E-state index < -0.39 is 0 Å². The second-order valence-corrected chi connectivity index (χ2v) is 5.43. The highest BCUT2D eigenvalue weighted by molar-refractivity contribution is 5.95. The van der Waals surface area contributed by atoms with Crippen LogP contribution in [0.5, 0.6) is 0 Å². The molecule has 110 valence electrons. The number of fused-ring (bicyclic) bond motifs is 1. The van der Waals surface area contributed by atoms with Crippen LogP contribution in [-0.4, -0.2) is 4.98 Å². The second-order valence-electron chi connectivity index (χ2n) is 5.43. The summed E-state index contributed by atoms with van der Waals surface area (Å²) in [7, 11) is 0. The number of nitrogens with one attached hydrogen (secondary N) is 1. The van der Waals surface area contributed by atoms with Gasteiger partial charge in [0, 0.05) is 16.6 Å². The number of pyridine rings is 1. The van der Waals surface area contributed by atoms with Gasteiger partial charge in [-0.05, 0) is 24.3 Å². The number of nitrogens with zero attached hydrogens (tertiary/aromatic N) is 1. The molecule has 1 aromatic heterocycles. The van der Waals surface area contributed by atoms with E-state index in [1.54, 1.807) is 0 Å². The fourth-order valence-electron chi connectivity index (χ4n) is 2.71. The molecule has 0 saturated carbocycles. The maximum absolute atomic E-state index is 4.81. The maximum atomic E-state index is 4.81. The molecule has 2 heteroatoms. The van der Waals surface area contributed by atoms with Crippen LogP contribution in [0, 0.1) is 0 Å². The Balaban J connectivity index is 1.87. The van der Waals surface area contributed by atoms with Crippen molar-refractivity contribution in [2.75, 3.05) is 5.32 Å². The van der Waals surface area contributed by atoms with E-state index in [4.69, 9.17) is 4.98 Å². The van der Waals surface area contributed by atoms with E-state index in [-0.39, 0.29) is 0 Å². The minimum atomic E-state index is 0.975. The lowest BCUT2D eigenvalue weighted by Gasteiger charge is -2.12. The van der Waals surface area contributed by atoms with Gasteiger partial charge in [-0.25, -0.2) is 4.98 Å². The van der Waals surface area contributed by atoms with Crippen LogP contribution < -0.4 is 5.32 Å². The lowest BCUT2D eigenvalue weighted by atomic mass is 10.1. The predicted octanol–water partition coefficient (Wildman–Crippen LogP) is 5.65. The molecule has 4 rings (SSSR count). The van der Waals surface area contributed by atoms with E-state index in [2.05, 4.69) is 47.8 Å². The molecule has 0 atom stereocenters. The summed E-state index contributed by atoms with van der Waals surface area (Å²) in [6.45, 7) is 0. The van der Waals surface area contributed by atoms with E-state index in [9.17, 15) is 0 Å². The second kappa shape index (κ2) is 5.93. The molecule has 0 spiro atoms. The zero-order valence-corrected chi connectivity index (χ0v) is 12.6. The van der Waals surface area contributed by atoms with E-state index in [1.165, 1.54) is 0 Å². The third kappa shape index (κ3) is 2.79. The third-order valence-corrected chi connectivity index (χ3v) is 3.84. The molecule has 3 aromatic carbocycles. The number of aromatic nitrogens is 1. The van der Waals surface area contributed by atoms with Crippen molar-refractivity contribution in [3.8, 4) is 11.3 Å². The lowest BCUT2D eigenvalue weighted by Crippen LogP contribution is -1.94. The van der Waals surface area contributed by atoms with Gasteiger partial charge in [0.05, 0.1) is 16.9 Å². The summed E-state index contributed by atoms with van der Waals surface area (Å²) < 4.78 is 0. The molecule has 0 aliphatic rings. The molecule has 0 saturated heterocycles. The van der Waals surface area contributed by atoms with Crippen LogP contribution in [0.15, 0.2) is 91.0 Å². The highest BCUT2D eigenvalue weighted by Gasteiger charge is 2.07. The first-order valence-corrected chi connectivity index (χ1v) is 7.67. The minimum absolute atomic E-state index is 0.975. The Morgan fingerprint density at radius 1 is 0.652 bits per heavy atom. The number of anilines is 2. The van der Waals surface area contributed by atoms with Gasteiger partial charge in [0.15, 0.2) is 0 Å². The lowest BCUT2D eigenvalue weighted by molar-refractivity contribution is 1.39. The predicted molar refractivity (Wildman–Crippen MR) is 96.9 cm³/mol. The first-order valence-electron chi connectivity index (χ1n) is 7.67. The van der Waals surface area contributed by atoms with Crippen molar-refractivity contribution >= 4 is 22.3 Å². The summed E-state index contributed by atoms with van der Waals surface area (Å²) in [4.78, 5) is 4.81. The van der Waals surface area contributed by atoms with Gasteiger partial charge >= 0.3 is 0 Å². The van der Waals surface area contributed by atoms with Crippen molar-refractivity contribution in [2.24, 2.45) is 0 Å². The number of para-hydroxylation sites is 2. The van der Waals surface area contributed by atoms with Crippen molar-refractivity contribution in [1.82, 2.24) is 4.98 Å². The van der Waals surface area contributed by atoms with Gasteiger partial charge in [0.2, 0.25) is 0 Å². The fourth-order valence-corrected chi connectivity index (χ4v) is 2.71. The van der Waals surface area contributed by atoms with Gasteiger partial charge < -0.3 is 5.32 Å². The maximum Gasteiger partial charge on any atom is 0.0730 e. The molecule has 0 unspecified atom stereocenters. The van der Waals surface area contributed by atoms with E-state index in [1.807, 2.05) is 48.5 Å². The molecule has 23 heavy (non-hydrogen) atoms. The Morgan fingerprint density at radius 3 is 2.09 bits per heavy atom. The van der Waals surface area contributed by atoms with Crippen molar-refractivity contribution in [3.63, 3.8) is 0 Å². The molecule has 2 nitrogen and oxygen atoms in total. The number of rotatable bonds is 3. The summed E-state index contributed by atoms with van der Waals surface area (Å²) in [5.74, 6) is 0. The summed E-state index contributed by atoms with van der Waals surface area (Å²) in [5.41, 5.74) is 5.23. The minimum Gasteiger partial charge on any atom is -0.355 e. The van der Waals surface area contributed by atoms with Crippen LogP contribution in [0.25, 0.3) is 22.2 Å². The summed E-state index contributed by atoms with van der Waals surface area (Å²) in [5, 5.41) is 4.64. The standard InChI is InChI=1S/C21H16N2/c1-3-9-16(10-4-1)20-15-21(22-17-11-5-2-6-12-17)18-13-7-8-14-19(18)23-20/h1-15H,(H,22,23). The average molecular weight is 296 g/mol. The molecule has 0 radical (unpaired) electrons. The van der Waals surface area contributed by atoms with Crippen LogP contribution in [0.4, 0.5) is 11.4 Å².